The monoisotopic (exact) mass is 470 g/mol. The van der Waals surface area contributed by atoms with E-state index in [-0.39, 0.29) is 24.5 Å². The molecule has 0 bridgehead atoms. The van der Waals surface area contributed by atoms with Crippen LogP contribution in [0.3, 0.4) is 0 Å². The highest BCUT2D eigenvalue weighted by atomic mass is 32.1. The molecule has 1 saturated heterocycles. The number of ether oxygens (including phenoxy) is 2. The number of amides is 1. The molecule has 2 fully saturated rings. The Morgan fingerprint density at radius 3 is 2.42 bits per heavy atom. The molecule has 1 aliphatic carbocycles. The van der Waals surface area contributed by atoms with Crippen LogP contribution in [-0.4, -0.2) is 37.8 Å². The summed E-state index contributed by atoms with van der Waals surface area (Å²) in [4.78, 5) is 29.2. The molecule has 1 saturated carbocycles. The third-order valence-electron chi connectivity index (χ3n) is 6.69. The van der Waals surface area contributed by atoms with Crippen LogP contribution in [0, 0.1) is 11.8 Å². The molecule has 1 amide bonds. The smallest absolute Gasteiger partial charge is 0.434 e. The second-order valence-corrected chi connectivity index (χ2v) is 10.1. The zero-order chi connectivity index (χ0) is 23.2. The Hall–Kier alpha value is -2.38. The van der Waals surface area contributed by atoms with Gasteiger partial charge in [-0.25, -0.2) is 4.79 Å². The van der Waals surface area contributed by atoms with Gasteiger partial charge in [-0.15, -0.1) is 11.3 Å². The number of carbonyl (C=O) groups is 2. The van der Waals surface area contributed by atoms with Crippen molar-refractivity contribution in [1.29, 1.82) is 0 Å². The quantitative estimate of drug-likeness (QED) is 0.536. The molecule has 2 aromatic rings. The maximum absolute atomic E-state index is 14.0. The van der Waals surface area contributed by atoms with Crippen LogP contribution in [0.5, 0.6) is 5.75 Å². The van der Waals surface area contributed by atoms with Crippen LogP contribution in [0.2, 0.25) is 0 Å². The molecule has 0 radical (unpaired) electrons. The number of piperidine rings is 1. The van der Waals surface area contributed by atoms with Crippen LogP contribution in [-0.2, 0) is 9.53 Å². The predicted molar refractivity (Wildman–Crippen MR) is 132 cm³/mol. The Balaban J connectivity index is 1.72. The van der Waals surface area contributed by atoms with Crippen LogP contribution in [0.1, 0.15) is 52.4 Å². The minimum absolute atomic E-state index is 0.0220. The lowest BCUT2D eigenvalue weighted by molar-refractivity contribution is -0.124. The molecule has 0 unspecified atom stereocenters. The maximum atomic E-state index is 14.0. The lowest BCUT2D eigenvalue weighted by Gasteiger charge is -2.37. The highest BCUT2D eigenvalue weighted by molar-refractivity contribution is 7.20. The van der Waals surface area contributed by atoms with Gasteiger partial charge in [0.1, 0.15) is 5.00 Å². The van der Waals surface area contributed by atoms with Crippen molar-refractivity contribution in [2.75, 3.05) is 24.6 Å². The van der Waals surface area contributed by atoms with E-state index in [0.29, 0.717) is 11.7 Å². The highest BCUT2D eigenvalue weighted by Gasteiger charge is 2.36. The van der Waals surface area contributed by atoms with E-state index in [2.05, 4.69) is 12.2 Å². The number of carbonyl (C=O) groups excluding carboxylic acids is 2. The zero-order valence-electron chi connectivity index (χ0n) is 19.5. The van der Waals surface area contributed by atoms with Crippen LogP contribution in [0.4, 0.5) is 9.80 Å². The summed E-state index contributed by atoms with van der Waals surface area (Å²) < 4.78 is 10.7. The van der Waals surface area contributed by atoms with E-state index in [1.165, 1.54) is 11.3 Å². The number of hydrogen-bond acceptors (Lipinski definition) is 6. The van der Waals surface area contributed by atoms with Gasteiger partial charge in [0.25, 0.3) is 0 Å². The Morgan fingerprint density at radius 1 is 1.06 bits per heavy atom. The van der Waals surface area contributed by atoms with Crippen LogP contribution < -0.4 is 15.0 Å². The molecule has 1 N–H and O–H groups in total. The van der Waals surface area contributed by atoms with Crippen molar-refractivity contribution in [1.82, 2.24) is 5.32 Å². The SMILES string of the molecule is CCOC(=O)Oc1cc(-c2ccccc2)sc1N(C(=O)C1CCC(C)CC1)C1CCNCC1. The van der Waals surface area contributed by atoms with Gasteiger partial charge in [0.05, 0.1) is 6.61 Å². The Bertz CT molecular complexity index is 931. The van der Waals surface area contributed by atoms with Gasteiger partial charge in [0, 0.05) is 22.9 Å². The van der Waals surface area contributed by atoms with E-state index in [0.717, 1.165) is 67.1 Å². The van der Waals surface area contributed by atoms with Crippen LogP contribution in [0.15, 0.2) is 36.4 Å². The van der Waals surface area contributed by atoms with Gasteiger partial charge < -0.3 is 14.8 Å². The first-order chi connectivity index (χ1) is 16.1. The summed E-state index contributed by atoms with van der Waals surface area (Å²) in [5.74, 6) is 1.28. The topological polar surface area (TPSA) is 67.9 Å². The highest BCUT2D eigenvalue weighted by Crippen LogP contribution is 2.46. The fourth-order valence-electron chi connectivity index (χ4n) is 4.80. The Kier molecular flexibility index (Phi) is 8.04. The van der Waals surface area contributed by atoms with Gasteiger partial charge in [-0.1, -0.05) is 37.3 Å². The number of nitrogens with one attached hydrogen (secondary N) is 1. The summed E-state index contributed by atoms with van der Waals surface area (Å²) in [7, 11) is 0. The summed E-state index contributed by atoms with van der Waals surface area (Å²) in [6.07, 6.45) is 5.04. The van der Waals surface area contributed by atoms with Crippen molar-refractivity contribution in [2.45, 2.75) is 58.4 Å². The molecule has 0 spiro atoms. The average molecular weight is 471 g/mol. The average Bonchev–Trinajstić information content (AvgIpc) is 3.24. The van der Waals surface area contributed by atoms with E-state index in [4.69, 9.17) is 9.47 Å². The number of rotatable bonds is 6. The lowest BCUT2D eigenvalue weighted by atomic mass is 9.82. The molecule has 7 heteroatoms. The third kappa shape index (κ3) is 5.76. The zero-order valence-corrected chi connectivity index (χ0v) is 20.4. The molecule has 6 nitrogen and oxygen atoms in total. The van der Waals surface area contributed by atoms with Gasteiger partial charge in [0.2, 0.25) is 5.91 Å². The fraction of sp³-hybridized carbons (Fsp3) is 0.538. The van der Waals surface area contributed by atoms with Crippen molar-refractivity contribution >= 4 is 28.4 Å². The first kappa shape index (κ1) is 23.8. The van der Waals surface area contributed by atoms with E-state index in [1.807, 2.05) is 41.3 Å². The summed E-state index contributed by atoms with van der Waals surface area (Å²) in [6.45, 7) is 6.01. The first-order valence-electron chi connectivity index (χ1n) is 12.1. The minimum atomic E-state index is -0.736. The van der Waals surface area contributed by atoms with Crippen molar-refractivity contribution in [3.05, 3.63) is 36.4 Å². The van der Waals surface area contributed by atoms with Gasteiger partial charge in [0.15, 0.2) is 5.75 Å². The third-order valence-corrected chi connectivity index (χ3v) is 7.85. The molecular weight excluding hydrogens is 436 g/mol. The summed E-state index contributed by atoms with van der Waals surface area (Å²) in [5, 5.41) is 4.12. The summed E-state index contributed by atoms with van der Waals surface area (Å²) in [6, 6.07) is 12.0. The number of nitrogens with zero attached hydrogens (tertiary/aromatic N) is 1. The molecule has 1 aromatic carbocycles. The summed E-state index contributed by atoms with van der Waals surface area (Å²) in [5.41, 5.74) is 1.03. The number of hydrogen-bond donors (Lipinski definition) is 1. The molecule has 1 aliphatic heterocycles. The van der Waals surface area contributed by atoms with Crippen LogP contribution in [0.25, 0.3) is 10.4 Å². The predicted octanol–water partition coefficient (Wildman–Crippen LogP) is 5.86. The first-order valence-corrected chi connectivity index (χ1v) is 13.0. The molecule has 2 heterocycles. The van der Waals surface area contributed by atoms with E-state index in [1.54, 1.807) is 6.92 Å². The van der Waals surface area contributed by atoms with Gasteiger partial charge in [-0.3, -0.25) is 9.69 Å². The number of thiophene rings is 1. The van der Waals surface area contributed by atoms with Gasteiger partial charge >= 0.3 is 6.16 Å². The molecule has 4 rings (SSSR count). The van der Waals surface area contributed by atoms with E-state index in [9.17, 15) is 9.59 Å². The van der Waals surface area contributed by atoms with Crippen molar-refractivity contribution < 1.29 is 19.1 Å². The van der Waals surface area contributed by atoms with Gasteiger partial charge in [-0.05, 0) is 70.0 Å². The standard InChI is InChI=1S/C26H34N2O4S/c1-3-31-26(30)32-22-17-23(19-7-5-4-6-8-19)33-25(22)28(21-13-15-27-16-14-21)24(29)20-11-9-18(2)10-12-20/h4-8,17-18,20-21,27H,3,9-16H2,1-2H3. The second-order valence-electron chi connectivity index (χ2n) is 9.08. The number of anilines is 1. The molecule has 2 aliphatic rings. The second kappa shape index (κ2) is 11.2. The summed E-state index contributed by atoms with van der Waals surface area (Å²) >= 11 is 1.52. The molecule has 33 heavy (non-hydrogen) atoms. The maximum Gasteiger partial charge on any atom is 0.513 e. The largest absolute Gasteiger partial charge is 0.513 e. The van der Waals surface area contributed by atoms with Crippen LogP contribution >= 0.6 is 11.3 Å². The lowest BCUT2D eigenvalue weighted by Crippen LogP contribution is -2.48. The Morgan fingerprint density at radius 2 is 1.76 bits per heavy atom. The van der Waals surface area contributed by atoms with Crippen molar-refractivity contribution in [2.24, 2.45) is 11.8 Å². The molecule has 178 valence electrons. The van der Waals surface area contributed by atoms with E-state index >= 15 is 0 Å². The fourth-order valence-corrected chi connectivity index (χ4v) is 5.97. The molecule has 0 atom stereocenters. The molecular formula is C26H34N2O4S. The Labute approximate surface area is 200 Å². The minimum Gasteiger partial charge on any atom is -0.434 e. The van der Waals surface area contributed by atoms with E-state index < -0.39 is 6.16 Å². The van der Waals surface area contributed by atoms with Crippen molar-refractivity contribution in [3.63, 3.8) is 0 Å². The number of benzene rings is 1. The normalized spacial score (nSPS) is 21.4. The molecule has 1 aromatic heterocycles. The van der Waals surface area contributed by atoms with Gasteiger partial charge in [-0.2, -0.15) is 0 Å². The van der Waals surface area contributed by atoms with Crippen molar-refractivity contribution in [3.8, 4) is 16.2 Å².